The molecule has 21 heavy (non-hydrogen) atoms. The lowest BCUT2D eigenvalue weighted by atomic mass is 10.1. The molecule has 0 fully saturated rings. The average molecular weight is 311 g/mol. The van der Waals surface area contributed by atoms with Crippen molar-refractivity contribution in [2.24, 2.45) is 11.8 Å². The van der Waals surface area contributed by atoms with Gasteiger partial charge in [0, 0.05) is 11.4 Å². The summed E-state index contributed by atoms with van der Waals surface area (Å²) in [7, 11) is 0. The van der Waals surface area contributed by atoms with Crippen LogP contribution in [0.2, 0.25) is 0 Å². The number of nitrogens with zero attached hydrogens (tertiary/aromatic N) is 1. The van der Waals surface area contributed by atoms with Crippen LogP contribution in [0.4, 0.5) is 0 Å². The van der Waals surface area contributed by atoms with Crippen LogP contribution >= 0.6 is 11.3 Å². The fourth-order valence-electron chi connectivity index (χ4n) is 2.17. The smallest absolute Gasteiger partial charge is 0.345 e. The summed E-state index contributed by atoms with van der Waals surface area (Å²) in [5.74, 6) is 0.583. The molecule has 0 aliphatic heterocycles. The minimum absolute atomic E-state index is 0.454. The van der Waals surface area contributed by atoms with Gasteiger partial charge in [0.1, 0.15) is 4.88 Å². The highest BCUT2D eigenvalue weighted by molar-refractivity contribution is 7.14. The van der Waals surface area contributed by atoms with Gasteiger partial charge in [0.2, 0.25) is 0 Å². The summed E-state index contributed by atoms with van der Waals surface area (Å²) in [6, 6.07) is 1.85. The zero-order valence-electron chi connectivity index (χ0n) is 14.0. The number of hydrogen-bond acceptors (Lipinski definition) is 3. The Morgan fingerprint density at radius 3 is 2.10 bits per heavy atom. The van der Waals surface area contributed by atoms with Crippen LogP contribution in [-0.4, -0.2) is 29.1 Å². The number of carboxylic acid groups (broad SMARTS) is 1. The molecule has 1 rings (SSSR count). The summed E-state index contributed by atoms with van der Waals surface area (Å²) < 4.78 is 0. The van der Waals surface area contributed by atoms with E-state index in [1.165, 1.54) is 29.7 Å². The van der Waals surface area contributed by atoms with Crippen LogP contribution in [0, 0.1) is 18.8 Å². The molecule has 3 nitrogen and oxygen atoms in total. The van der Waals surface area contributed by atoms with Gasteiger partial charge in [0.05, 0.1) is 0 Å². The molecule has 4 heteroatoms. The van der Waals surface area contributed by atoms with Crippen LogP contribution in [0.1, 0.15) is 60.6 Å². The van der Waals surface area contributed by atoms with Gasteiger partial charge < -0.3 is 5.11 Å². The van der Waals surface area contributed by atoms with Crippen LogP contribution < -0.4 is 0 Å². The van der Waals surface area contributed by atoms with E-state index in [2.05, 4.69) is 32.6 Å². The zero-order chi connectivity index (χ0) is 16.0. The van der Waals surface area contributed by atoms with Crippen LogP contribution in [0.3, 0.4) is 0 Å². The third-order valence-electron chi connectivity index (χ3n) is 3.67. The van der Waals surface area contributed by atoms with Gasteiger partial charge >= 0.3 is 5.97 Å². The molecule has 0 saturated carbocycles. The first-order valence-electron chi connectivity index (χ1n) is 7.84. The fourth-order valence-corrected chi connectivity index (χ4v) is 3.05. The Hall–Kier alpha value is -0.870. The molecule has 0 radical (unpaired) electrons. The van der Waals surface area contributed by atoms with E-state index < -0.39 is 5.97 Å². The van der Waals surface area contributed by atoms with E-state index in [1.807, 2.05) is 13.0 Å². The number of thiophene rings is 1. The van der Waals surface area contributed by atoms with E-state index in [0.29, 0.717) is 16.7 Å². The molecule has 0 bridgehead atoms. The van der Waals surface area contributed by atoms with E-state index in [0.717, 1.165) is 24.5 Å². The van der Waals surface area contributed by atoms with E-state index in [4.69, 9.17) is 5.11 Å². The maximum absolute atomic E-state index is 11.1. The van der Waals surface area contributed by atoms with Crippen molar-refractivity contribution >= 4 is 17.3 Å². The summed E-state index contributed by atoms with van der Waals surface area (Å²) in [5.41, 5.74) is 1.17. The second kappa shape index (κ2) is 8.54. The highest BCUT2D eigenvalue weighted by Gasteiger charge is 2.14. The Bertz CT molecular complexity index is 440. The van der Waals surface area contributed by atoms with Crippen molar-refractivity contribution in [1.29, 1.82) is 0 Å². The number of aryl methyl sites for hydroxylation is 1. The number of carboxylic acids is 1. The molecule has 0 saturated heterocycles. The van der Waals surface area contributed by atoms with Crippen molar-refractivity contribution in [2.75, 3.05) is 13.1 Å². The third kappa shape index (κ3) is 6.62. The Kier molecular flexibility index (Phi) is 7.40. The Labute approximate surface area is 133 Å². The molecule has 1 heterocycles. The molecule has 0 unspecified atom stereocenters. The molecule has 0 spiro atoms. The van der Waals surface area contributed by atoms with Gasteiger partial charge in [-0.25, -0.2) is 4.79 Å². The Balaban J connectivity index is 2.71. The second-order valence-corrected chi connectivity index (χ2v) is 7.89. The lowest BCUT2D eigenvalue weighted by Crippen LogP contribution is -2.27. The van der Waals surface area contributed by atoms with Gasteiger partial charge in [-0.2, -0.15) is 0 Å². The summed E-state index contributed by atoms with van der Waals surface area (Å²) in [4.78, 5) is 15.1. The summed E-state index contributed by atoms with van der Waals surface area (Å²) in [6.45, 7) is 14.1. The van der Waals surface area contributed by atoms with Gasteiger partial charge in [0.15, 0.2) is 0 Å². The van der Waals surface area contributed by atoms with Crippen molar-refractivity contribution in [3.05, 3.63) is 21.4 Å². The molecule has 1 aromatic heterocycles. The zero-order valence-corrected chi connectivity index (χ0v) is 14.8. The standard InChI is InChI=1S/C17H29NO2S/c1-12(2)6-8-18(9-7-13(3)4)11-15-10-16(17(19)20)21-14(15)5/h10,12-13H,6-9,11H2,1-5H3,(H,19,20). The van der Waals surface area contributed by atoms with Crippen molar-refractivity contribution in [1.82, 2.24) is 4.90 Å². The third-order valence-corrected chi connectivity index (χ3v) is 4.75. The van der Waals surface area contributed by atoms with Gasteiger partial charge in [-0.05, 0) is 56.3 Å². The average Bonchev–Trinajstić information content (AvgIpc) is 2.74. The maximum atomic E-state index is 11.1. The van der Waals surface area contributed by atoms with Gasteiger partial charge in [-0.3, -0.25) is 4.90 Å². The normalized spacial score (nSPS) is 11.8. The van der Waals surface area contributed by atoms with E-state index in [-0.39, 0.29) is 0 Å². The van der Waals surface area contributed by atoms with Gasteiger partial charge in [0.25, 0.3) is 0 Å². The predicted octanol–water partition coefficient (Wildman–Crippen LogP) is 4.65. The fraction of sp³-hybridized carbons (Fsp3) is 0.706. The molecule has 1 aromatic rings. The maximum Gasteiger partial charge on any atom is 0.345 e. The van der Waals surface area contributed by atoms with Gasteiger partial charge in [-0.1, -0.05) is 27.7 Å². The first-order valence-corrected chi connectivity index (χ1v) is 8.66. The lowest BCUT2D eigenvalue weighted by molar-refractivity contribution is 0.0702. The van der Waals surface area contributed by atoms with Crippen molar-refractivity contribution < 1.29 is 9.90 Å². The number of rotatable bonds is 9. The molecule has 1 N–H and O–H groups in total. The molecule has 0 amide bonds. The SMILES string of the molecule is Cc1sc(C(=O)O)cc1CN(CCC(C)C)CCC(C)C. The molecular weight excluding hydrogens is 282 g/mol. The molecule has 0 aliphatic carbocycles. The van der Waals surface area contributed by atoms with Crippen molar-refractivity contribution in [2.45, 2.75) is 54.0 Å². The van der Waals surface area contributed by atoms with Crippen molar-refractivity contribution in [3.8, 4) is 0 Å². The molecular formula is C17H29NO2S. The quantitative estimate of drug-likeness (QED) is 0.721. The first kappa shape index (κ1) is 18.2. The van der Waals surface area contributed by atoms with E-state index >= 15 is 0 Å². The van der Waals surface area contributed by atoms with Crippen LogP contribution in [-0.2, 0) is 6.54 Å². The van der Waals surface area contributed by atoms with Gasteiger partial charge in [-0.15, -0.1) is 11.3 Å². The topological polar surface area (TPSA) is 40.5 Å². The van der Waals surface area contributed by atoms with E-state index in [9.17, 15) is 4.79 Å². The highest BCUT2D eigenvalue weighted by atomic mass is 32.1. The number of aromatic carboxylic acids is 1. The largest absolute Gasteiger partial charge is 0.477 e. The summed E-state index contributed by atoms with van der Waals surface area (Å²) in [5, 5.41) is 9.11. The summed E-state index contributed by atoms with van der Waals surface area (Å²) in [6.07, 6.45) is 2.38. The Morgan fingerprint density at radius 2 is 1.71 bits per heavy atom. The minimum Gasteiger partial charge on any atom is -0.477 e. The first-order chi connectivity index (χ1) is 9.79. The van der Waals surface area contributed by atoms with Crippen LogP contribution in [0.25, 0.3) is 0 Å². The number of hydrogen-bond donors (Lipinski definition) is 1. The highest BCUT2D eigenvalue weighted by Crippen LogP contribution is 2.23. The molecule has 0 aromatic carbocycles. The molecule has 120 valence electrons. The predicted molar refractivity (Wildman–Crippen MR) is 90.2 cm³/mol. The van der Waals surface area contributed by atoms with Crippen molar-refractivity contribution in [3.63, 3.8) is 0 Å². The van der Waals surface area contributed by atoms with Crippen LogP contribution in [0.15, 0.2) is 6.07 Å². The second-order valence-electron chi connectivity index (χ2n) is 6.64. The van der Waals surface area contributed by atoms with E-state index in [1.54, 1.807) is 0 Å². The Morgan fingerprint density at radius 1 is 1.19 bits per heavy atom. The monoisotopic (exact) mass is 311 g/mol. The minimum atomic E-state index is -0.815. The lowest BCUT2D eigenvalue weighted by Gasteiger charge is -2.24. The number of carbonyl (C=O) groups is 1. The summed E-state index contributed by atoms with van der Waals surface area (Å²) >= 11 is 1.39. The van der Waals surface area contributed by atoms with Crippen LogP contribution in [0.5, 0.6) is 0 Å². The molecule has 0 atom stereocenters. The molecule has 0 aliphatic rings.